The maximum Gasteiger partial charge on any atom is 0.157 e. The minimum atomic E-state index is 0.0188. The van der Waals surface area contributed by atoms with Crippen molar-refractivity contribution in [3.8, 4) is 0 Å². The highest BCUT2D eigenvalue weighted by Gasteiger charge is 2.12. The third-order valence-electron chi connectivity index (χ3n) is 3.93. The first-order valence-corrected chi connectivity index (χ1v) is 8.29. The predicted octanol–water partition coefficient (Wildman–Crippen LogP) is 5.41. The Kier molecular flexibility index (Phi) is 9.36. The molecule has 1 rings (SSSR count). The number of allylic oxidation sites excluding steroid dienone is 4. The van der Waals surface area contributed by atoms with Crippen LogP contribution in [-0.2, 0) is 9.47 Å². The lowest BCUT2D eigenvalue weighted by molar-refractivity contribution is -0.155. The topological polar surface area (TPSA) is 18.5 Å². The van der Waals surface area contributed by atoms with Crippen LogP contribution in [0, 0.1) is 5.92 Å². The first-order chi connectivity index (χ1) is 10.1. The Bertz CT molecular complexity index is 349. The summed E-state index contributed by atoms with van der Waals surface area (Å²) in [5.41, 5.74) is 2.86. The van der Waals surface area contributed by atoms with Gasteiger partial charge in [0, 0.05) is 6.61 Å². The molecule has 0 N–H and O–H groups in total. The molecule has 0 radical (unpaired) electrons. The SMILES string of the molecule is C=CC(C)C/C(C)=C/CC/C(C)=C/COC1CCCCO1. The molecule has 2 heteroatoms. The van der Waals surface area contributed by atoms with E-state index in [4.69, 9.17) is 9.47 Å². The van der Waals surface area contributed by atoms with Gasteiger partial charge in [-0.3, -0.25) is 0 Å². The first-order valence-electron chi connectivity index (χ1n) is 8.29. The molecular weight excluding hydrogens is 260 g/mol. The van der Waals surface area contributed by atoms with Gasteiger partial charge in [0.25, 0.3) is 0 Å². The van der Waals surface area contributed by atoms with E-state index in [1.54, 1.807) is 0 Å². The summed E-state index contributed by atoms with van der Waals surface area (Å²) in [5, 5.41) is 0. The van der Waals surface area contributed by atoms with Crippen molar-refractivity contribution in [1.82, 2.24) is 0 Å². The molecule has 0 aromatic rings. The molecule has 0 aromatic heterocycles. The van der Waals surface area contributed by atoms with Gasteiger partial charge in [0.15, 0.2) is 6.29 Å². The largest absolute Gasteiger partial charge is 0.353 e. The van der Waals surface area contributed by atoms with Gasteiger partial charge in [-0.1, -0.05) is 36.3 Å². The Morgan fingerprint density at radius 2 is 2.10 bits per heavy atom. The van der Waals surface area contributed by atoms with Gasteiger partial charge in [-0.15, -0.1) is 6.58 Å². The monoisotopic (exact) mass is 292 g/mol. The van der Waals surface area contributed by atoms with Crippen LogP contribution >= 0.6 is 0 Å². The highest BCUT2D eigenvalue weighted by molar-refractivity contribution is 5.05. The van der Waals surface area contributed by atoms with E-state index in [2.05, 4.69) is 39.5 Å². The van der Waals surface area contributed by atoms with Crippen LogP contribution in [0.15, 0.2) is 36.0 Å². The van der Waals surface area contributed by atoms with E-state index < -0.39 is 0 Å². The zero-order valence-electron chi connectivity index (χ0n) is 14.1. The number of rotatable bonds is 9. The molecule has 0 spiro atoms. The normalized spacial score (nSPS) is 22.1. The van der Waals surface area contributed by atoms with E-state index in [0.29, 0.717) is 12.5 Å². The lowest BCUT2D eigenvalue weighted by atomic mass is 10.0. The van der Waals surface area contributed by atoms with Crippen LogP contribution in [0.5, 0.6) is 0 Å². The van der Waals surface area contributed by atoms with E-state index in [9.17, 15) is 0 Å². The molecule has 2 atom stereocenters. The fourth-order valence-corrected chi connectivity index (χ4v) is 2.46. The molecule has 0 aromatic carbocycles. The van der Waals surface area contributed by atoms with Crippen LogP contribution in [0.4, 0.5) is 0 Å². The van der Waals surface area contributed by atoms with Gasteiger partial charge in [-0.25, -0.2) is 0 Å². The molecule has 0 amide bonds. The number of ether oxygens (including phenoxy) is 2. The van der Waals surface area contributed by atoms with Gasteiger partial charge in [0.2, 0.25) is 0 Å². The molecule has 1 fully saturated rings. The zero-order chi connectivity index (χ0) is 15.5. The molecule has 2 unspecified atom stereocenters. The number of hydrogen-bond acceptors (Lipinski definition) is 2. The summed E-state index contributed by atoms with van der Waals surface area (Å²) in [5.74, 6) is 0.571. The van der Waals surface area contributed by atoms with Crippen molar-refractivity contribution >= 4 is 0 Å². The summed E-state index contributed by atoms with van der Waals surface area (Å²) >= 11 is 0. The second-order valence-electron chi connectivity index (χ2n) is 6.19. The summed E-state index contributed by atoms with van der Waals surface area (Å²) in [4.78, 5) is 0. The Balaban J connectivity index is 2.16. The Morgan fingerprint density at radius 3 is 2.76 bits per heavy atom. The first kappa shape index (κ1) is 18.2. The molecule has 1 saturated heterocycles. The van der Waals surface area contributed by atoms with Gasteiger partial charge in [0.05, 0.1) is 6.61 Å². The van der Waals surface area contributed by atoms with Gasteiger partial charge in [-0.05, 0) is 58.3 Å². The summed E-state index contributed by atoms with van der Waals surface area (Å²) in [6, 6.07) is 0. The molecule has 2 nitrogen and oxygen atoms in total. The maximum atomic E-state index is 5.72. The van der Waals surface area contributed by atoms with Gasteiger partial charge in [0.1, 0.15) is 0 Å². The van der Waals surface area contributed by atoms with Crippen molar-refractivity contribution < 1.29 is 9.47 Å². The molecule has 21 heavy (non-hydrogen) atoms. The molecule has 0 aliphatic carbocycles. The van der Waals surface area contributed by atoms with Crippen LogP contribution in [-0.4, -0.2) is 19.5 Å². The fraction of sp³-hybridized carbons (Fsp3) is 0.684. The summed E-state index contributed by atoms with van der Waals surface area (Å²) in [6.07, 6.45) is 13.3. The fourth-order valence-electron chi connectivity index (χ4n) is 2.46. The standard InChI is InChI=1S/C19H32O2/c1-5-16(2)15-18(4)10-8-9-17(3)12-14-21-19-11-6-7-13-20-19/h5,10,12,16,19H,1,6-9,11,13-15H2,2-4H3/b17-12+,18-10+. The molecular formula is C19H32O2. The predicted molar refractivity (Wildman–Crippen MR) is 90.3 cm³/mol. The van der Waals surface area contributed by atoms with Crippen molar-refractivity contribution in [3.05, 3.63) is 36.0 Å². The second kappa shape index (κ2) is 10.8. The molecule has 0 saturated carbocycles. The Labute approximate surface area is 130 Å². The lowest BCUT2D eigenvalue weighted by Crippen LogP contribution is -2.22. The average Bonchev–Trinajstić information content (AvgIpc) is 2.48. The summed E-state index contributed by atoms with van der Waals surface area (Å²) in [7, 11) is 0. The molecule has 1 heterocycles. The highest BCUT2D eigenvalue weighted by atomic mass is 16.7. The van der Waals surface area contributed by atoms with E-state index in [1.165, 1.54) is 24.0 Å². The quantitative estimate of drug-likeness (QED) is 0.529. The third-order valence-corrected chi connectivity index (χ3v) is 3.93. The van der Waals surface area contributed by atoms with Crippen LogP contribution in [0.1, 0.15) is 59.3 Å². The molecule has 120 valence electrons. The van der Waals surface area contributed by atoms with E-state index in [0.717, 1.165) is 32.3 Å². The average molecular weight is 292 g/mol. The van der Waals surface area contributed by atoms with E-state index in [1.807, 2.05) is 6.08 Å². The van der Waals surface area contributed by atoms with Crippen molar-refractivity contribution in [2.75, 3.05) is 13.2 Å². The summed E-state index contributed by atoms with van der Waals surface area (Å²) < 4.78 is 11.3. The van der Waals surface area contributed by atoms with Crippen molar-refractivity contribution in [2.24, 2.45) is 5.92 Å². The van der Waals surface area contributed by atoms with Crippen LogP contribution in [0.2, 0.25) is 0 Å². The van der Waals surface area contributed by atoms with Crippen LogP contribution in [0.25, 0.3) is 0 Å². The lowest BCUT2D eigenvalue weighted by Gasteiger charge is -2.22. The maximum absolute atomic E-state index is 5.72. The van der Waals surface area contributed by atoms with Crippen LogP contribution < -0.4 is 0 Å². The minimum Gasteiger partial charge on any atom is -0.353 e. The summed E-state index contributed by atoms with van der Waals surface area (Å²) in [6.45, 7) is 12.0. The van der Waals surface area contributed by atoms with E-state index >= 15 is 0 Å². The highest BCUT2D eigenvalue weighted by Crippen LogP contribution is 2.15. The van der Waals surface area contributed by atoms with Gasteiger partial charge < -0.3 is 9.47 Å². The Morgan fingerprint density at radius 1 is 1.29 bits per heavy atom. The Hall–Kier alpha value is -0.860. The number of hydrogen-bond donors (Lipinski definition) is 0. The van der Waals surface area contributed by atoms with Crippen molar-refractivity contribution in [1.29, 1.82) is 0 Å². The van der Waals surface area contributed by atoms with Gasteiger partial charge in [-0.2, -0.15) is 0 Å². The third kappa shape index (κ3) is 8.90. The molecule has 0 bridgehead atoms. The molecule has 1 aliphatic rings. The minimum absolute atomic E-state index is 0.0188. The smallest absolute Gasteiger partial charge is 0.157 e. The van der Waals surface area contributed by atoms with Crippen LogP contribution in [0.3, 0.4) is 0 Å². The zero-order valence-corrected chi connectivity index (χ0v) is 14.1. The van der Waals surface area contributed by atoms with Crippen molar-refractivity contribution in [3.63, 3.8) is 0 Å². The second-order valence-corrected chi connectivity index (χ2v) is 6.19. The van der Waals surface area contributed by atoms with Crippen molar-refractivity contribution in [2.45, 2.75) is 65.6 Å². The van der Waals surface area contributed by atoms with E-state index in [-0.39, 0.29) is 6.29 Å². The molecule has 1 aliphatic heterocycles. The van der Waals surface area contributed by atoms with Gasteiger partial charge >= 0.3 is 0 Å².